The third kappa shape index (κ3) is 4.08. The van der Waals surface area contributed by atoms with E-state index in [4.69, 9.17) is 0 Å². The van der Waals surface area contributed by atoms with Crippen molar-refractivity contribution in [2.24, 2.45) is 0 Å². The number of hydrogen-bond acceptors (Lipinski definition) is 4. The van der Waals surface area contributed by atoms with E-state index in [1.54, 1.807) is 4.90 Å². The molecule has 0 unspecified atom stereocenters. The highest BCUT2D eigenvalue weighted by Crippen LogP contribution is 2.61. The lowest BCUT2D eigenvalue weighted by Gasteiger charge is -2.33. The number of fused-ring (bicyclic) bond motifs is 1. The lowest BCUT2D eigenvalue weighted by molar-refractivity contribution is -0.117. The summed E-state index contributed by atoms with van der Waals surface area (Å²) < 4.78 is 0. The number of H-pyrrole nitrogens is 1. The predicted molar refractivity (Wildman–Crippen MR) is 130 cm³/mol. The Balaban J connectivity index is 1.52. The number of carbonyl (C=O) groups excluding carboxylic acids is 2. The van der Waals surface area contributed by atoms with E-state index in [2.05, 4.69) is 40.5 Å². The summed E-state index contributed by atoms with van der Waals surface area (Å²) in [4.78, 5) is 28.2. The van der Waals surface area contributed by atoms with Gasteiger partial charge < -0.3 is 20.6 Å². The summed E-state index contributed by atoms with van der Waals surface area (Å²) in [5.41, 5.74) is 2.02. The Kier molecular flexibility index (Phi) is 5.90. The van der Waals surface area contributed by atoms with Crippen LogP contribution in [0.1, 0.15) is 56.0 Å². The predicted octanol–water partition coefficient (Wildman–Crippen LogP) is 4.10. The summed E-state index contributed by atoms with van der Waals surface area (Å²) in [7, 11) is -1.66. The van der Waals surface area contributed by atoms with Crippen molar-refractivity contribution in [1.82, 2.24) is 20.4 Å². The lowest BCUT2D eigenvalue weighted by Crippen LogP contribution is -2.47. The Morgan fingerprint density at radius 1 is 1.21 bits per heavy atom. The molecule has 1 fully saturated rings. The van der Waals surface area contributed by atoms with E-state index in [0.29, 0.717) is 18.8 Å². The van der Waals surface area contributed by atoms with Crippen molar-refractivity contribution in [3.8, 4) is 0 Å². The molecule has 0 spiro atoms. The molecule has 1 aromatic heterocycles. The second-order valence-electron chi connectivity index (χ2n) is 10.8. The van der Waals surface area contributed by atoms with Gasteiger partial charge in [0.05, 0.1) is 31.9 Å². The van der Waals surface area contributed by atoms with Crippen molar-refractivity contribution in [3.63, 3.8) is 0 Å². The third-order valence-corrected chi connectivity index (χ3v) is 11.1. The van der Waals surface area contributed by atoms with Gasteiger partial charge in [-0.25, -0.2) is 4.79 Å². The van der Waals surface area contributed by atoms with Crippen molar-refractivity contribution in [3.05, 3.63) is 47.2 Å². The molecule has 0 radical (unpaired) electrons. The van der Waals surface area contributed by atoms with Gasteiger partial charge >= 0.3 is 6.03 Å². The zero-order valence-corrected chi connectivity index (χ0v) is 21.2. The summed E-state index contributed by atoms with van der Waals surface area (Å²) in [6.07, 6.45) is 2.30. The van der Waals surface area contributed by atoms with Crippen LogP contribution in [0.25, 0.3) is 0 Å². The summed E-state index contributed by atoms with van der Waals surface area (Å²) >= 11 is 0. The fraction of sp³-hybridized carbons (Fsp3) is 0.542. The molecule has 2 aliphatic rings. The molecule has 1 aliphatic carbocycles. The van der Waals surface area contributed by atoms with E-state index in [9.17, 15) is 14.7 Å². The number of anilines is 1. The van der Waals surface area contributed by atoms with Gasteiger partial charge in [0.1, 0.15) is 0 Å². The average Bonchev–Trinajstić information content (AvgIpc) is 3.43. The van der Waals surface area contributed by atoms with Gasteiger partial charge in [-0.2, -0.15) is 5.10 Å². The molecule has 3 amide bonds. The molecular weight excluding hydrogens is 434 g/mol. The molecule has 8 nitrogen and oxygen atoms in total. The number of hydrogen-bond donors (Lipinski definition) is 4. The van der Waals surface area contributed by atoms with Crippen LogP contribution in [0, 0.1) is 0 Å². The summed E-state index contributed by atoms with van der Waals surface area (Å²) in [5.74, 6) is 0.585. The maximum absolute atomic E-state index is 13.3. The van der Waals surface area contributed by atoms with Crippen LogP contribution in [0.15, 0.2) is 30.3 Å². The quantitative estimate of drug-likeness (QED) is 0.458. The van der Waals surface area contributed by atoms with Crippen molar-refractivity contribution < 1.29 is 14.7 Å². The van der Waals surface area contributed by atoms with E-state index >= 15 is 0 Å². The Morgan fingerprint density at radius 3 is 2.45 bits per heavy atom. The van der Waals surface area contributed by atoms with Gasteiger partial charge in [0.15, 0.2) is 5.82 Å². The third-order valence-electron chi connectivity index (χ3n) is 7.48. The van der Waals surface area contributed by atoms with E-state index < -0.39 is 13.6 Å². The fourth-order valence-corrected chi connectivity index (χ4v) is 7.35. The number of amides is 3. The van der Waals surface area contributed by atoms with Crippen molar-refractivity contribution in [1.29, 1.82) is 0 Å². The molecule has 1 aliphatic heterocycles. The molecular formula is C24H35N5O3Si. The van der Waals surface area contributed by atoms with E-state index in [-0.39, 0.29) is 29.6 Å². The summed E-state index contributed by atoms with van der Waals surface area (Å²) in [6.45, 7) is 11.0. The number of aliphatic hydroxyl groups is 1. The topological polar surface area (TPSA) is 110 Å². The molecule has 2 aromatic rings. The first-order valence-corrected chi connectivity index (χ1v) is 15.1. The van der Waals surface area contributed by atoms with Crippen LogP contribution in [0.2, 0.25) is 24.7 Å². The van der Waals surface area contributed by atoms with Gasteiger partial charge in [-0.05, 0) is 38.7 Å². The minimum Gasteiger partial charge on any atom is -0.396 e. The maximum atomic E-state index is 13.3. The van der Waals surface area contributed by atoms with Crippen LogP contribution in [0.3, 0.4) is 0 Å². The molecule has 2 heterocycles. The molecule has 178 valence electrons. The van der Waals surface area contributed by atoms with E-state index in [1.807, 2.05) is 44.2 Å². The molecule has 0 bridgehead atoms. The molecule has 1 saturated carbocycles. The van der Waals surface area contributed by atoms with Crippen LogP contribution < -0.4 is 10.6 Å². The van der Waals surface area contributed by atoms with Crippen LogP contribution in [-0.4, -0.2) is 46.8 Å². The second-order valence-corrected chi connectivity index (χ2v) is 16.2. The van der Waals surface area contributed by atoms with Crippen molar-refractivity contribution in [2.75, 3.05) is 11.9 Å². The Morgan fingerprint density at radius 2 is 1.88 bits per heavy atom. The summed E-state index contributed by atoms with van der Waals surface area (Å²) in [5, 5.41) is 22.9. The normalized spacial score (nSPS) is 19.0. The second kappa shape index (κ2) is 8.29. The minimum absolute atomic E-state index is 0.0266. The zero-order chi connectivity index (χ0) is 24.0. The standard InChI is InChI=1S/C24H35N5O3Si/c1-23(2)19-17(20(28-27-19)26-21(31)24(12-13-24)33(3,4)5)15-29(23)22(32)25-18(11-14-30)16-9-7-6-8-10-16/h6-10,18,30H,11-15H2,1-5H3,(H,25,32)(H2,26,27,28,31)/t18-/m1/s1. The van der Waals surface area contributed by atoms with Crippen LogP contribution in [-0.2, 0) is 16.9 Å². The first kappa shape index (κ1) is 23.5. The number of carbonyl (C=O) groups is 2. The minimum atomic E-state index is -1.66. The molecule has 9 heteroatoms. The Labute approximate surface area is 196 Å². The Hall–Kier alpha value is -2.65. The molecule has 0 saturated heterocycles. The molecule has 1 aromatic carbocycles. The van der Waals surface area contributed by atoms with Gasteiger partial charge in [-0.1, -0.05) is 50.0 Å². The molecule has 1 atom stereocenters. The monoisotopic (exact) mass is 469 g/mol. The number of nitrogens with one attached hydrogen (secondary N) is 3. The van der Waals surface area contributed by atoms with Gasteiger partial charge in [-0.15, -0.1) is 0 Å². The highest BCUT2D eigenvalue weighted by molar-refractivity contribution is 6.83. The van der Waals surface area contributed by atoms with Crippen LogP contribution in [0.4, 0.5) is 10.6 Å². The maximum Gasteiger partial charge on any atom is 0.318 e. The lowest BCUT2D eigenvalue weighted by atomic mass is 10.0. The van der Waals surface area contributed by atoms with Gasteiger partial charge in [-0.3, -0.25) is 9.89 Å². The number of urea groups is 1. The molecule has 4 N–H and O–H groups in total. The number of aromatic amines is 1. The number of aromatic nitrogens is 2. The zero-order valence-electron chi connectivity index (χ0n) is 20.2. The van der Waals surface area contributed by atoms with Gasteiger partial charge in [0, 0.05) is 17.2 Å². The fourth-order valence-electron chi connectivity index (χ4n) is 4.98. The number of nitrogens with zero attached hydrogens (tertiary/aromatic N) is 2. The average molecular weight is 470 g/mol. The van der Waals surface area contributed by atoms with E-state index in [1.165, 1.54) is 0 Å². The Bertz CT molecular complexity index is 1040. The first-order chi connectivity index (χ1) is 15.5. The number of rotatable bonds is 7. The van der Waals surface area contributed by atoms with Gasteiger partial charge in [0.25, 0.3) is 0 Å². The number of benzene rings is 1. The van der Waals surface area contributed by atoms with Crippen molar-refractivity contribution >= 4 is 25.8 Å². The largest absolute Gasteiger partial charge is 0.396 e. The smallest absolute Gasteiger partial charge is 0.318 e. The highest BCUT2D eigenvalue weighted by Gasteiger charge is 2.59. The van der Waals surface area contributed by atoms with Crippen LogP contribution >= 0.6 is 0 Å². The highest BCUT2D eigenvalue weighted by atomic mass is 28.3. The van der Waals surface area contributed by atoms with Crippen molar-refractivity contribution in [2.45, 2.75) is 75.9 Å². The molecule has 33 heavy (non-hydrogen) atoms. The SMILES string of the molecule is CC1(C)c2[nH]nc(NC(=O)C3([Si](C)(C)C)CC3)c2CN1C(=O)N[C@H](CCO)c1ccccc1. The van der Waals surface area contributed by atoms with Crippen LogP contribution in [0.5, 0.6) is 0 Å². The van der Waals surface area contributed by atoms with E-state index in [0.717, 1.165) is 29.7 Å². The van der Waals surface area contributed by atoms with Gasteiger partial charge in [0.2, 0.25) is 5.91 Å². The number of aliphatic hydroxyl groups excluding tert-OH is 1. The summed E-state index contributed by atoms with van der Waals surface area (Å²) in [6, 6.07) is 9.15. The first-order valence-electron chi connectivity index (χ1n) is 11.6. The molecule has 4 rings (SSSR count).